The number of aryl methyl sites for hydroxylation is 1. The van der Waals surface area contributed by atoms with Crippen molar-refractivity contribution in [1.82, 2.24) is 4.98 Å². The molecule has 0 amide bonds. The molecular formula is C20H19NO2S2. The third-order valence-electron chi connectivity index (χ3n) is 3.65. The quantitative estimate of drug-likeness (QED) is 0.424. The third-order valence-corrected chi connectivity index (χ3v) is 5.86. The van der Waals surface area contributed by atoms with E-state index in [2.05, 4.69) is 31.2 Å². The standard InChI is InChI=1S/C20H19NO2S2/c1-3-23-19(22)18(16-7-5-4-6-8-16)25-20-21-17(13-24-20)15-11-9-14(2)10-12-15/h4-13,18H,3H2,1-2H3. The number of benzene rings is 2. The van der Waals surface area contributed by atoms with Crippen LogP contribution in [0, 0.1) is 6.92 Å². The van der Waals surface area contributed by atoms with Gasteiger partial charge >= 0.3 is 5.97 Å². The Morgan fingerprint density at radius 3 is 2.56 bits per heavy atom. The largest absolute Gasteiger partial charge is 0.465 e. The average Bonchev–Trinajstić information content (AvgIpc) is 3.10. The van der Waals surface area contributed by atoms with Crippen LogP contribution in [0.2, 0.25) is 0 Å². The molecule has 0 N–H and O–H groups in total. The fraction of sp³-hybridized carbons (Fsp3) is 0.200. The van der Waals surface area contributed by atoms with E-state index in [1.54, 1.807) is 11.3 Å². The Bertz CT molecular complexity index is 828. The molecule has 0 aliphatic rings. The Morgan fingerprint density at radius 1 is 1.16 bits per heavy atom. The molecule has 128 valence electrons. The van der Waals surface area contributed by atoms with Crippen LogP contribution in [-0.4, -0.2) is 17.6 Å². The number of esters is 1. The minimum atomic E-state index is -0.404. The summed E-state index contributed by atoms with van der Waals surface area (Å²) < 4.78 is 6.11. The van der Waals surface area contributed by atoms with Gasteiger partial charge in [0.05, 0.1) is 12.3 Å². The Kier molecular flexibility index (Phi) is 5.89. The molecule has 2 aromatic carbocycles. The van der Waals surface area contributed by atoms with Crippen molar-refractivity contribution in [2.24, 2.45) is 0 Å². The minimum Gasteiger partial charge on any atom is -0.465 e. The Morgan fingerprint density at radius 2 is 1.88 bits per heavy atom. The lowest BCUT2D eigenvalue weighted by molar-refractivity contribution is -0.142. The number of carbonyl (C=O) groups is 1. The number of aromatic nitrogens is 1. The average molecular weight is 370 g/mol. The number of rotatable bonds is 6. The molecule has 1 aromatic heterocycles. The van der Waals surface area contributed by atoms with Crippen molar-refractivity contribution in [3.8, 4) is 11.3 Å². The van der Waals surface area contributed by atoms with Crippen molar-refractivity contribution in [3.05, 3.63) is 71.1 Å². The van der Waals surface area contributed by atoms with E-state index >= 15 is 0 Å². The molecule has 0 spiro atoms. The Balaban J connectivity index is 1.82. The summed E-state index contributed by atoms with van der Waals surface area (Å²) in [4.78, 5) is 17.1. The molecule has 0 aliphatic heterocycles. The zero-order valence-corrected chi connectivity index (χ0v) is 15.8. The molecule has 0 radical (unpaired) electrons. The number of hydrogen-bond donors (Lipinski definition) is 0. The van der Waals surface area contributed by atoms with Gasteiger partial charge in [0.1, 0.15) is 5.25 Å². The number of carbonyl (C=O) groups excluding carboxylic acids is 1. The molecule has 1 unspecified atom stereocenters. The van der Waals surface area contributed by atoms with Crippen LogP contribution in [-0.2, 0) is 9.53 Å². The maximum Gasteiger partial charge on any atom is 0.324 e. The van der Waals surface area contributed by atoms with E-state index < -0.39 is 5.25 Å². The minimum absolute atomic E-state index is 0.231. The highest BCUT2D eigenvalue weighted by Gasteiger charge is 2.24. The Labute approximate surface area is 156 Å². The summed E-state index contributed by atoms with van der Waals surface area (Å²) in [6.07, 6.45) is 0. The second-order valence-electron chi connectivity index (χ2n) is 5.53. The highest BCUT2D eigenvalue weighted by molar-refractivity contribution is 8.01. The fourth-order valence-corrected chi connectivity index (χ4v) is 4.38. The first-order chi connectivity index (χ1) is 12.2. The number of nitrogens with zero attached hydrogens (tertiary/aromatic N) is 1. The second kappa shape index (κ2) is 8.32. The second-order valence-corrected chi connectivity index (χ2v) is 7.74. The van der Waals surface area contributed by atoms with Gasteiger partial charge in [-0.25, -0.2) is 4.98 Å². The first-order valence-corrected chi connectivity index (χ1v) is 9.84. The van der Waals surface area contributed by atoms with Gasteiger partial charge in [-0.3, -0.25) is 4.79 Å². The zero-order valence-electron chi connectivity index (χ0n) is 14.1. The van der Waals surface area contributed by atoms with Crippen LogP contribution in [0.25, 0.3) is 11.3 Å². The van der Waals surface area contributed by atoms with Gasteiger partial charge < -0.3 is 4.74 Å². The van der Waals surface area contributed by atoms with Crippen LogP contribution in [0.4, 0.5) is 0 Å². The predicted octanol–water partition coefficient (Wildman–Crippen LogP) is 5.52. The van der Waals surface area contributed by atoms with E-state index in [0.717, 1.165) is 21.2 Å². The van der Waals surface area contributed by atoms with Gasteiger partial charge in [0.2, 0.25) is 0 Å². The van der Waals surface area contributed by atoms with Crippen LogP contribution in [0.5, 0.6) is 0 Å². The van der Waals surface area contributed by atoms with Gasteiger partial charge in [0.25, 0.3) is 0 Å². The monoisotopic (exact) mass is 369 g/mol. The van der Waals surface area contributed by atoms with E-state index in [4.69, 9.17) is 9.72 Å². The number of thiazole rings is 1. The molecule has 0 aliphatic carbocycles. The topological polar surface area (TPSA) is 39.2 Å². The molecule has 3 rings (SSSR count). The van der Waals surface area contributed by atoms with Crippen LogP contribution < -0.4 is 0 Å². The molecule has 0 bridgehead atoms. The van der Waals surface area contributed by atoms with Crippen LogP contribution in [0.1, 0.15) is 23.3 Å². The van der Waals surface area contributed by atoms with E-state index in [-0.39, 0.29) is 5.97 Å². The van der Waals surface area contributed by atoms with Gasteiger partial charge in [-0.05, 0) is 19.4 Å². The number of ether oxygens (including phenoxy) is 1. The van der Waals surface area contributed by atoms with Crippen LogP contribution in [0.3, 0.4) is 0 Å². The number of thioether (sulfide) groups is 1. The van der Waals surface area contributed by atoms with E-state index in [1.807, 2.05) is 42.6 Å². The van der Waals surface area contributed by atoms with Gasteiger partial charge in [0, 0.05) is 10.9 Å². The van der Waals surface area contributed by atoms with Gasteiger partial charge in [0.15, 0.2) is 4.34 Å². The molecule has 1 heterocycles. The first-order valence-electron chi connectivity index (χ1n) is 8.08. The van der Waals surface area contributed by atoms with E-state index in [9.17, 15) is 4.79 Å². The molecule has 3 nitrogen and oxygen atoms in total. The highest BCUT2D eigenvalue weighted by atomic mass is 32.2. The fourth-order valence-electron chi connectivity index (χ4n) is 2.37. The van der Waals surface area contributed by atoms with Gasteiger partial charge in [-0.1, -0.05) is 71.9 Å². The van der Waals surface area contributed by atoms with E-state index in [1.165, 1.54) is 17.3 Å². The Hall–Kier alpha value is -2.11. The summed E-state index contributed by atoms with van der Waals surface area (Å²) in [6.45, 7) is 4.26. The van der Waals surface area contributed by atoms with Crippen molar-refractivity contribution >= 4 is 29.1 Å². The number of hydrogen-bond acceptors (Lipinski definition) is 5. The lowest BCUT2D eigenvalue weighted by Gasteiger charge is -2.14. The first kappa shape index (κ1) is 17.7. The summed E-state index contributed by atoms with van der Waals surface area (Å²) >= 11 is 2.99. The summed E-state index contributed by atoms with van der Waals surface area (Å²) in [5.41, 5.74) is 4.17. The molecule has 1 atom stereocenters. The lowest BCUT2D eigenvalue weighted by atomic mass is 10.1. The molecule has 3 aromatic rings. The highest BCUT2D eigenvalue weighted by Crippen LogP contribution is 2.39. The molecule has 5 heteroatoms. The van der Waals surface area contributed by atoms with Crippen molar-refractivity contribution in [1.29, 1.82) is 0 Å². The van der Waals surface area contributed by atoms with Crippen molar-refractivity contribution < 1.29 is 9.53 Å². The van der Waals surface area contributed by atoms with Crippen molar-refractivity contribution in [2.45, 2.75) is 23.4 Å². The predicted molar refractivity (Wildman–Crippen MR) is 104 cm³/mol. The maximum atomic E-state index is 12.4. The van der Waals surface area contributed by atoms with E-state index in [0.29, 0.717) is 6.61 Å². The molecule has 0 fully saturated rings. The normalized spacial score (nSPS) is 11.9. The molecule has 0 saturated heterocycles. The van der Waals surface area contributed by atoms with Gasteiger partial charge in [-0.15, -0.1) is 11.3 Å². The summed E-state index contributed by atoms with van der Waals surface area (Å²) in [6, 6.07) is 18.0. The molecule has 25 heavy (non-hydrogen) atoms. The van der Waals surface area contributed by atoms with Gasteiger partial charge in [-0.2, -0.15) is 0 Å². The van der Waals surface area contributed by atoms with Crippen molar-refractivity contribution in [3.63, 3.8) is 0 Å². The zero-order chi connectivity index (χ0) is 17.6. The summed E-state index contributed by atoms with van der Waals surface area (Å²) in [5, 5.41) is 1.62. The maximum absolute atomic E-state index is 12.4. The van der Waals surface area contributed by atoms with Crippen molar-refractivity contribution in [2.75, 3.05) is 6.61 Å². The smallest absolute Gasteiger partial charge is 0.324 e. The summed E-state index contributed by atoms with van der Waals surface area (Å²) in [5.74, 6) is -0.231. The molecule has 0 saturated carbocycles. The van der Waals surface area contributed by atoms with Crippen LogP contribution >= 0.6 is 23.1 Å². The SMILES string of the molecule is CCOC(=O)C(Sc1nc(-c2ccc(C)cc2)cs1)c1ccccc1. The third kappa shape index (κ3) is 4.50. The van der Waals surface area contributed by atoms with Crippen LogP contribution in [0.15, 0.2) is 64.3 Å². The molecular weight excluding hydrogens is 350 g/mol. The summed E-state index contributed by atoms with van der Waals surface area (Å²) in [7, 11) is 0. The lowest BCUT2D eigenvalue weighted by Crippen LogP contribution is -2.13.